The summed E-state index contributed by atoms with van der Waals surface area (Å²) in [6, 6.07) is 2.00. The summed E-state index contributed by atoms with van der Waals surface area (Å²) in [4.78, 5) is 23.7. The van der Waals surface area contributed by atoms with Crippen LogP contribution in [0, 0.1) is 0 Å². The van der Waals surface area contributed by atoms with Crippen molar-refractivity contribution in [2.45, 2.75) is 38.0 Å². The molecule has 1 N–H and O–H groups in total. The number of ether oxygens (including phenoxy) is 2. The molecule has 0 spiro atoms. The Hall–Kier alpha value is -3.91. The van der Waals surface area contributed by atoms with Crippen molar-refractivity contribution in [1.82, 2.24) is 24.8 Å². The van der Waals surface area contributed by atoms with Crippen LogP contribution in [0.1, 0.15) is 30.4 Å². The average molecular weight is 486 g/mol. The summed E-state index contributed by atoms with van der Waals surface area (Å²) in [6.07, 6.45) is 21.0. The van der Waals surface area contributed by atoms with Gasteiger partial charge in [-0.15, -0.1) is 0 Å². The number of likely N-dealkylation sites (tertiary alicyclic amines) is 1. The predicted molar refractivity (Wildman–Crippen MR) is 139 cm³/mol. The van der Waals surface area contributed by atoms with Gasteiger partial charge in [-0.25, -0.2) is 4.98 Å². The van der Waals surface area contributed by atoms with Crippen molar-refractivity contribution < 1.29 is 14.3 Å². The van der Waals surface area contributed by atoms with Gasteiger partial charge in [0, 0.05) is 30.8 Å². The third-order valence-electron chi connectivity index (χ3n) is 6.74. The van der Waals surface area contributed by atoms with Crippen LogP contribution in [0.25, 0.3) is 17.8 Å². The number of morpholine rings is 1. The number of carbonyl (C=O) groups excluding carboxylic acids is 1. The lowest BCUT2D eigenvalue weighted by molar-refractivity contribution is -0.116. The van der Waals surface area contributed by atoms with Gasteiger partial charge >= 0.3 is 0 Å². The molecule has 1 amide bonds. The van der Waals surface area contributed by atoms with Gasteiger partial charge in [-0.3, -0.25) is 14.3 Å². The van der Waals surface area contributed by atoms with Crippen LogP contribution >= 0.6 is 0 Å². The number of methoxy groups -OCH3 is 1. The molecule has 3 aliphatic rings. The van der Waals surface area contributed by atoms with Crippen molar-refractivity contribution >= 4 is 18.1 Å². The predicted octanol–water partition coefficient (Wildman–Crippen LogP) is 3.43. The van der Waals surface area contributed by atoms with Gasteiger partial charge < -0.3 is 19.7 Å². The molecule has 3 aliphatic heterocycles. The molecule has 3 unspecified atom stereocenters. The molecule has 2 aromatic rings. The van der Waals surface area contributed by atoms with Gasteiger partial charge in [-0.05, 0) is 61.8 Å². The highest BCUT2D eigenvalue weighted by Crippen LogP contribution is 2.32. The van der Waals surface area contributed by atoms with E-state index in [1.807, 2.05) is 55.8 Å². The van der Waals surface area contributed by atoms with E-state index in [-0.39, 0.29) is 18.1 Å². The standard InChI is InChI=1S/C28H31N5O3/c1-4-28(34)31-22(13-23(12-19(2)35-3)33-17-25-15-24(33)18-36-25)9-8-21-14-26-20(16-30-21)6-5-7-27-29-10-11-32(26)27/h4-5,7-14,16,22,24-25H,1,6,15,17-18H2,2-3H3,(H,31,34)/b9-8+,19-12+,23-13+. The Morgan fingerprint density at radius 2 is 2.28 bits per heavy atom. The molecular weight excluding hydrogens is 454 g/mol. The highest BCUT2D eigenvalue weighted by atomic mass is 16.5. The van der Waals surface area contributed by atoms with E-state index in [4.69, 9.17) is 9.47 Å². The van der Waals surface area contributed by atoms with Crippen LogP contribution in [-0.4, -0.2) is 63.8 Å². The molecule has 5 rings (SSSR count). The van der Waals surface area contributed by atoms with Gasteiger partial charge in [0.1, 0.15) is 5.82 Å². The van der Waals surface area contributed by atoms with Gasteiger partial charge in [0.2, 0.25) is 5.91 Å². The maximum Gasteiger partial charge on any atom is 0.244 e. The monoisotopic (exact) mass is 485 g/mol. The Morgan fingerprint density at radius 1 is 1.39 bits per heavy atom. The zero-order valence-electron chi connectivity index (χ0n) is 20.6. The Morgan fingerprint density at radius 3 is 3.03 bits per heavy atom. The second-order valence-corrected chi connectivity index (χ2v) is 9.15. The maximum atomic E-state index is 12.3. The SMILES string of the molecule is C=CC(=O)NC(/C=C/c1cc2c(cn1)CC=Cc1nccn1-2)/C=C(\C=C(/C)OC)N1CC2CC1CO2. The van der Waals surface area contributed by atoms with Crippen LogP contribution < -0.4 is 5.32 Å². The summed E-state index contributed by atoms with van der Waals surface area (Å²) in [7, 11) is 1.66. The molecule has 0 saturated carbocycles. The minimum absolute atomic E-state index is 0.247. The maximum absolute atomic E-state index is 12.3. The quantitative estimate of drug-likeness (QED) is 0.351. The molecule has 2 aromatic heterocycles. The molecule has 2 saturated heterocycles. The van der Waals surface area contributed by atoms with Crippen molar-refractivity contribution in [3.8, 4) is 5.69 Å². The second kappa shape index (κ2) is 10.4. The Bertz CT molecular complexity index is 1270. The van der Waals surface area contributed by atoms with Gasteiger partial charge in [0.05, 0.1) is 49.0 Å². The lowest BCUT2D eigenvalue weighted by Gasteiger charge is -2.31. The zero-order valence-corrected chi connectivity index (χ0v) is 20.6. The number of hydrogen-bond donors (Lipinski definition) is 1. The first-order chi connectivity index (χ1) is 17.5. The summed E-state index contributed by atoms with van der Waals surface area (Å²) in [5.41, 5.74) is 3.97. The smallest absolute Gasteiger partial charge is 0.244 e. The number of amides is 1. The number of rotatable bonds is 8. The molecular formula is C28H31N5O3. The summed E-state index contributed by atoms with van der Waals surface area (Å²) in [6.45, 7) is 7.07. The van der Waals surface area contributed by atoms with Crippen molar-refractivity contribution in [2.24, 2.45) is 0 Å². The lowest BCUT2D eigenvalue weighted by Crippen LogP contribution is -2.37. The fourth-order valence-electron chi connectivity index (χ4n) is 4.86. The fourth-order valence-corrected chi connectivity index (χ4v) is 4.86. The molecule has 2 bridgehead atoms. The first-order valence-corrected chi connectivity index (χ1v) is 12.2. The highest BCUT2D eigenvalue weighted by molar-refractivity contribution is 5.87. The molecule has 2 fully saturated rings. The number of allylic oxidation sites excluding steroid dienone is 3. The third kappa shape index (κ3) is 5.04. The van der Waals surface area contributed by atoms with Gasteiger partial charge in [-0.1, -0.05) is 18.7 Å². The highest BCUT2D eigenvalue weighted by Gasteiger charge is 2.39. The van der Waals surface area contributed by atoms with Crippen LogP contribution in [0.2, 0.25) is 0 Å². The molecule has 3 atom stereocenters. The van der Waals surface area contributed by atoms with E-state index >= 15 is 0 Å². The van der Waals surface area contributed by atoms with Crippen molar-refractivity contribution in [3.63, 3.8) is 0 Å². The van der Waals surface area contributed by atoms with Crippen molar-refractivity contribution in [3.05, 3.63) is 90.2 Å². The number of nitrogens with zero attached hydrogens (tertiary/aromatic N) is 4. The van der Waals surface area contributed by atoms with E-state index in [0.29, 0.717) is 12.6 Å². The van der Waals surface area contributed by atoms with E-state index < -0.39 is 0 Å². The molecule has 186 valence electrons. The minimum atomic E-state index is -0.377. The number of hydrogen-bond acceptors (Lipinski definition) is 6. The third-order valence-corrected chi connectivity index (χ3v) is 6.74. The molecule has 5 heterocycles. The molecule has 8 nitrogen and oxygen atoms in total. The van der Waals surface area contributed by atoms with Gasteiger partial charge in [0.15, 0.2) is 0 Å². The van der Waals surface area contributed by atoms with Crippen LogP contribution in [-0.2, 0) is 20.7 Å². The molecule has 0 aromatic carbocycles. The average Bonchev–Trinajstić information content (AvgIpc) is 3.63. The Kier molecular flexibility index (Phi) is 6.86. The summed E-state index contributed by atoms with van der Waals surface area (Å²) >= 11 is 0. The first kappa shape index (κ1) is 23.8. The summed E-state index contributed by atoms with van der Waals surface area (Å²) in [5.74, 6) is 1.44. The summed E-state index contributed by atoms with van der Waals surface area (Å²) in [5, 5.41) is 3.01. The summed E-state index contributed by atoms with van der Waals surface area (Å²) < 4.78 is 13.3. The lowest BCUT2D eigenvalue weighted by atomic mass is 10.1. The largest absolute Gasteiger partial charge is 0.501 e. The van der Waals surface area contributed by atoms with Crippen LogP contribution in [0.3, 0.4) is 0 Å². The van der Waals surface area contributed by atoms with E-state index in [2.05, 4.69) is 37.4 Å². The molecule has 8 heteroatoms. The number of imidazole rings is 1. The second-order valence-electron chi connectivity index (χ2n) is 9.15. The Labute approximate surface area is 211 Å². The van der Waals surface area contributed by atoms with Crippen LogP contribution in [0.15, 0.2) is 73.1 Å². The van der Waals surface area contributed by atoms with Crippen LogP contribution in [0.4, 0.5) is 0 Å². The topological polar surface area (TPSA) is 81.5 Å². The van der Waals surface area contributed by atoms with Gasteiger partial charge in [0.25, 0.3) is 0 Å². The first-order valence-electron chi connectivity index (χ1n) is 12.2. The number of aromatic nitrogens is 3. The number of fused-ring (bicyclic) bond motifs is 5. The van der Waals surface area contributed by atoms with Gasteiger partial charge in [-0.2, -0.15) is 0 Å². The minimum Gasteiger partial charge on any atom is -0.501 e. The van der Waals surface area contributed by atoms with Crippen LogP contribution in [0.5, 0.6) is 0 Å². The molecule has 0 aliphatic carbocycles. The fraction of sp³-hybridized carbons (Fsp3) is 0.321. The number of pyridine rings is 1. The number of nitrogens with one attached hydrogen (secondary N) is 1. The van der Waals surface area contributed by atoms with E-state index in [9.17, 15) is 4.79 Å². The molecule has 36 heavy (non-hydrogen) atoms. The van der Waals surface area contributed by atoms with Crippen molar-refractivity contribution in [2.75, 3.05) is 20.3 Å². The zero-order chi connectivity index (χ0) is 25.1. The van der Waals surface area contributed by atoms with E-state index in [1.165, 1.54) is 6.08 Å². The normalized spacial score (nSPS) is 21.8. The number of carbonyl (C=O) groups is 1. The van der Waals surface area contributed by atoms with E-state index in [1.54, 1.807) is 13.3 Å². The molecule has 0 radical (unpaired) electrons. The Balaban J connectivity index is 1.46. The van der Waals surface area contributed by atoms with E-state index in [0.717, 1.165) is 53.6 Å². The van der Waals surface area contributed by atoms with Crippen molar-refractivity contribution in [1.29, 1.82) is 0 Å².